The van der Waals surface area contributed by atoms with Gasteiger partial charge in [0, 0.05) is 21.6 Å². The largest absolute Gasteiger partial charge is 0.494 e. The zero-order valence-corrected chi connectivity index (χ0v) is 22.3. The van der Waals surface area contributed by atoms with Crippen LogP contribution in [0, 0.1) is 0 Å². The van der Waals surface area contributed by atoms with E-state index in [0.29, 0.717) is 35.7 Å². The Morgan fingerprint density at radius 3 is 1.79 bits per heavy atom. The number of rotatable bonds is 12. The van der Waals surface area contributed by atoms with Gasteiger partial charge in [0.1, 0.15) is 11.5 Å². The van der Waals surface area contributed by atoms with Crippen molar-refractivity contribution in [3.05, 3.63) is 103 Å². The Kier molecular flexibility index (Phi) is 10.5. The van der Waals surface area contributed by atoms with Gasteiger partial charge >= 0.3 is 11.9 Å². The summed E-state index contributed by atoms with van der Waals surface area (Å²) in [5, 5.41) is -0.0821. The number of unbranched alkanes of at least 4 members (excludes halogenated alkanes) is 1. The molecule has 0 bridgehead atoms. The first-order valence-electron chi connectivity index (χ1n) is 12.1. The highest BCUT2D eigenvalue weighted by Gasteiger charge is 2.10. The molecule has 0 aliphatic heterocycles. The topological polar surface area (TPSA) is 78.9 Å². The van der Waals surface area contributed by atoms with Gasteiger partial charge in [-0.2, -0.15) is 0 Å². The predicted octanol–water partition coefficient (Wildman–Crippen LogP) is 7.05. The molecule has 3 aromatic rings. The summed E-state index contributed by atoms with van der Waals surface area (Å²) < 4.78 is 16.0. The molecule has 0 radical (unpaired) electrons. The molecule has 3 rings (SSSR count). The van der Waals surface area contributed by atoms with E-state index in [-0.39, 0.29) is 11.1 Å². The molecule has 0 aliphatic rings. The zero-order valence-electron chi connectivity index (χ0n) is 21.5. The quantitative estimate of drug-likeness (QED) is 0.0816. The lowest BCUT2D eigenvalue weighted by Gasteiger charge is -2.09. The maximum absolute atomic E-state index is 12.7. The van der Waals surface area contributed by atoms with Crippen molar-refractivity contribution >= 4 is 28.8 Å². The summed E-state index contributed by atoms with van der Waals surface area (Å²) in [6.07, 6.45) is 1.49. The van der Waals surface area contributed by atoms with Crippen LogP contribution >= 0.6 is 11.8 Å². The predicted molar refractivity (Wildman–Crippen MR) is 149 cm³/mol. The van der Waals surface area contributed by atoms with Crippen LogP contribution in [0.5, 0.6) is 11.5 Å². The average Bonchev–Trinajstić information content (AvgIpc) is 2.91. The first-order chi connectivity index (χ1) is 18.2. The third-order valence-electron chi connectivity index (χ3n) is 5.29. The lowest BCUT2D eigenvalue weighted by atomic mass is 10.0. The minimum atomic E-state index is -0.487. The third-order valence-corrected chi connectivity index (χ3v) is 6.22. The van der Waals surface area contributed by atoms with E-state index in [0.717, 1.165) is 46.4 Å². The molecule has 0 heterocycles. The molecule has 0 N–H and O–H groups in total. The maximum atomic E-state index is 12.7. The van der Waals surface area contributed by atoms with E-state index in [4.69, 9.17) is 14.2 Å². The van der Waals surface area contributed by atoms with Gasteiger partial charge in [-0.3, -0.25) is 4.79 Å². The van der Waals surface area contributed by atoms with E-state index in [1.165, 1.54) is 0 Å². The van der Waals surface area contributed by atoms with Gasteiger partial charge in [0.05, 0.1) is 13.2 Å². The van der Waals surface area contributed by atoms with Crippen LogP contribution in [0.15, 0.2) is 102 Å². The van der Waals surface area contributed by atoms with E-state index in [1.54, 1.807) is 50.2 Å². The van der Waals surface area contributed by atoms with Crippen LogP contribution < -0.4 is 9.47 Å². The monoisotopic (exact) mass is 530 g/mol. The molecule has 0 atom stereocenters. The van der Waals surface area contributed by atoms with Crippen LogP contribution in [0.2, 0.25) is 0 Å². The maximum Gasteiger partial charge on any atom is 0.338 e. The number of ether oxygens (including phenoxy) is 3. The van der Waals surface area contributed by atoms with Gasteiger partial charge < -0.3 is 14.2 Å². The molecule has 0 aliphatic carbocycles. The van der Waals surface area contributed by atoms with Crippen LogP contribution in [0.3, 0.4) is 0 Å². The van der Waals surface area contributed by atoms with Gasteiger partial charge in [-0.25, -0.2) is 9.59 Å². The molecule has 0 saturated heterocycles. The highest BCUT2D eigenvalue weighted by Crippen LogP contribution is 2.28. The molecule has 0 saturated carbocycles. The number of carbonyl (C=O) groups is 3. The molecule has 0 fully saturated rings. The lowest BCUT2D eigenvalue weighted by Crippen LogP contribution is -2.07. The van der Waals surface area contributed by atoms with Crippen molar-refractivity contribution in [3.63, 3.8) is 0 Å². The first kappa shape index (κ1) is 28.5. The molecule has 38 heavy (non-hydrogen) atoms. The first-order valence-corrected chi connectivity index (χ1v) is 12.9. The lowest BCUT2D eigenvalue weighted by molar-refractivity contribution is -0.139. The SMILES string of the molecule is C=C(C)C(=O)OCCCCOc1ccc(-c2ccc(C(=O)Sc3ccc(OC(=O)C(=C)C)cc3)cc2)cc1. The smallest absolute Gasteiger partial charge is 0.338 e. The van der Waals surface area contributed by atoms with E-state index >= 15 is 0 Å². The summed E-state index contributed by atoms with van der Waals surface area (Å²) in [6, 6.07) is 22.0. The Morgan fingerprint density at radius 2 is 1.21 bits per heavy atom. The summed E-state index contributed by atoms with van der Waals surface area (Å²) in [6.45, 7) is 11.2. The Hall–Kier alpha value is -4.10. The molecule has 0 unspecified atom stereocenters. The standard InChI is InChI=1S/C31H30O6S/c1-21(2)29(32)36-20-6-5-19-35-26-13-11-24(12-14-26)23-7-9-25(10-8-23)31(34)38-28-17-15-27(16-18-28)37-30(33)22(3)4/h7-18H,1,3,5-6,19-20H2,2,4H3. The summed E-state index contributed by atoms with van der Waals surface area (Å²) in [7, 11) is 0. The summed E-state index contributed by atoms with van der Waals surface area (Å²) >= 11 is 1.11. The molecule has 0 amide bonds. The Balaban J connectivity index is 1.46. The normalized spacial score (nSPS) is 10.4. The minimum absolute atomic E-state index is 0.0821. The van der Waals surface area contributed by atoms with E-state index in [2.05, 4.69) is 13.2 Å². The number of thioether (sulfide) groups is 1. The van der Waals surface area contributed by atoms with Gasteiger partial charge in [0.2, 0.25) is 5.12 Å². The average molecular weight is 531 g/mol. The number of hydrogen-bond acceptors (Lipinski definition) is 7. The Bertz CT molecular complexity index is 1290. The van der Waals surface area contributed by atoms with Crippen molar-refractivity contribution in [2.75, 3.05) is 13.2 Å². The second-order valence-corrected chi connectivity index (χ2v) is 9.65. The fourth-order valence-electron chi connectivity index (χ4n) is 3.16. The van der Waals surface area contributed by atoms with Gasteiger partial charge in [0.25, 0.3) is 0 Å². The van der Waals surface area contributed by atoms with E-state index in [9.17, 15) is 14.4 Å². The van der Waals surface area contributed by atoms with Gasteiger partial charge in [0.15, 0.2) is 0 Å². The van der Waals surface area contributed by atoms with E-state index < -0.39 is 5.97 Å². The Morgan fingerprint density at radius 1 is 0.684 bits per heavy atom. The molecule has 196 valence electrons. The van der Waals surface area contributed by atoms with Gasteiger partial charge in [-0.05, 0) is 98.1 Å². The second-order valence-electron chi connectivity index (χ2n) is 8.60. The van der Waals surface area contributed by atoms with Crippen molar-refractivity contribution in [3.8, 4) is 22.6 Å². The van der Waals surface area contributed by atoms with Gasteiger partial charge in [-0.1, -0.05) is 37.4 Å². The summed E-state index contributed by atoms with van der Waals surface area (Å²) in [5.74, 6) is 0.306. The van der Waals surface area contributed by atoms with E-state index in [1.807, 2.05) is 36.4 Å². The summed E-state index contributed by atoms with van der Waals surface area (Å²) in [5.41, 5.74) is 3.30. The van der Waals surface area contributed by atoms with Crippen molar-refractivity contribution in [2.45, 2.75) is 31.6 Å². The number of esters is 2. The zero-order chi connectivity index (χ0) is 27.5. The number of hydrogen-bond donors (Lipinski definition) is 0. The van der Waals surface area contributed by atoms with Crippen LogP contribution in [0.4, 0.5) is 0 Å². The van der Waals surface area contributed by atoms with Gasteiger partial charge in [-0.15, -0.1) is 0 Å². The molecule has 0 spiro atoms. The third kappa shape index (κ3) is 8.78. The highest BCUT2D eigenvalue weighted by atomic mass is 32.2. The molecule has 0 aromatic heterocycles. The van der Waals surface area contributed by atoms with Crippen LogP contribution in [0.1, 0.15) is 37.0 Å². The van der Waals surface area contributed by atoms with Crippen molar-refractivity contribution < 1.29 is 28.6 Å². The minimum Gasteiger partial charge on any atom is -0.494 e. The molecular formula is C31H30O6S. The number of benzene rings is 3. The molecule has 6 nitrogen and oxygen atoms in total. The van der Waals surface area contributed by atoms with Crippen molar-refractivity contribution in [2.24, 2.45) is 0 Å². The fraction of sp³-hybridized carbons (Fsp3) is 0.194. The molecule has 3 aromatic carbocycles. The van der Waals surface area contributed by atoms with Crippen molar-refractivity contribution in [1.29, 1.82) is 0 Å². The summed E-state index contributed by atoms with van der Waals surface area (Å²) in [4.78, 5) is 36.4. The van der Waals surface area contributed by atoms with Crippen LogP contribution in [-0.4, -0.2) is 30.3 Å². The van der Waals surface area contributed by atoms with Crippen molar-refractivity contribution in [1.82, 2.24) is 0 Å². The molecular weight excluding hydrogens is 500 g/mol. The second kappa shape index (κ2) is 14.0. The highest BCUT2D eigenvalue weighted by molar-refractivity contribution is 8.14. The number of carbonyl (C=O) groups excluding carboxylic acids is 3. The molecule has 7 heteroatoms. The Labute approximate surface area is 227 Å². The van der Waals surface area contributed by atoms with Crippen LogP contribution in [0.25, 0.3) is 11.1 Å². The fourth-order valence-corrected chi connectivity index (χ4v) is 3.90. The van der Waals surface area contributed by atoms with Crippen LogP contribution in [-0.2, 0) is 14.3 Å².